The van der Waals surface area contributed by atoms with Crippen LogP contribution in [0.3, 0.4) is 0 Å². The van der Waals surface area contributed by atoms with Gasteiger partial charge >= 0.3 is 6.03 Å². The maximum atomic E-state index is 13.3. The highest BCUT2D eigenvalue weighted by atomic mass is 16.5. The molecule has 4 rings (SSSR count). The van der Waals surface area contributed by atoms with E-state index in [1.165, 1.54) is 4.90 Å². The van der Waals surface area contributed by atoms with Gasteiger partial charge in [-0.05, 0) is 59.6 Å². The average Bonchev–Trinajstić information content (AvgIpc) is 3.49. The molecule has 1 atom stereocenters. The molecule has 1 saturated heterocycles. The third-order valence-electron chi connectivity index (χ3n) is 6.17. The van der Waals surface area contributed by atoms with Crippen LogP contribution in [0.15, 0.2) is 54.7 Å². The molecule has 8 heteroatoms. The highest BCUT2D eigenvalue weighted by Crippen LogP contribution is 2.25. The minimum atomic E-state index is -0.424. The third kappa shape index (κ3) is 7.20. The van der Waals surface area contributed by atoms with Crippen molar-refractivity contribution in [1.82, 2.24) is 19.8 Å². The number of aryl methyl sites for hydroxylation is 2. The fraction of sp³-hybridized carbons (Fsp3) is 0.414. The summed E-state index contributed by atoms with van der Waals surface area (Å²) >= 11 is 0. The van der Waals surface area contributed by atoms with Gasteiger partial charge in [0.1, 0.15) is 6.54 Å². The predicted molar refractivity (Wildman–Crippen MR) is 146 cm³/mol. The molecule has 2 N–H and O–H groups in total. The number of ether oxygens (including phenoxy) is 1. The highest BCUT2D eigenvalue weighted by molar-refractivity contribution is 5.93. The van der Waals surface area contributed by atoms with Gasteiger partial charge in [-0.25, -0.2) is 9.78 Å². The first-order chi connectivity index (χ1) is 17.6. The van der Waals surface area contributed by atoms with Gasteiger partial charge in [0.15, 0.2) is 0 Å². The summed E-state index contributed by atoms with van der Waals surface area (Å²) in [6, 6.07) is 15.8. The van der Waals surface area contributed by atoms with Crippen molar-refractivity contribution in [3.05, 3.63) is 65.9 Å². The number of urea groups is 1. The molecule has 196 valence electrons. The molecule has 1 unspecified atom stereocenters. The first-order valence-corrected chi connectivity index (χ1v) is 12.8. The minimum absolute atomic E-state index is 0.0683. The van der Waals surface area contributed by atoms with Crippen molar-refractivity contribution in [1.29, 1.82) is 0 Å². The van der Waals surface area contributed by atoms with Crippen molar-refractivity contribution in [2.75, 3.05) is 25.0 Å². The second kappa shape index (κ2) is 11.2. The third-order valence-corrected chi connectivity index (χ3v) is 6.17. The second-order valence-corrected chi connectivity index (χ2v) is 10.8. The molecule has 3 aromatic rings. The van der Waals surface area contributed by atoms with Crippen molar-refractivity contribution in [2.45, 2.75) is 59.1 Å². The minimum Gasteiger partial charge on any atom is -0.376 e. The number of imidazole rings is 1. The van der Waals surface area contributed by atoms with Crippen molar-refractivity contribution in [2.24, 2.45) is 0 Å². The molecule has 1 aliphatic rings. The topological polar surface area (TPSA) is 88.5 Å². The van der Waals surface area contributed by atoms with Gasteiger partial charge in [-0.15, -0.1) is 0 Å². The number of aromatic nitrogens is 2. The van der Waals surface area contributed by atoms with E-state index in [0.717, 1.165) is 40.9 Å². The monoisotopic (exact) mass is 503 g/mol. The van der Waals surface area contributed by atoms with Gasteiger partial charge in [-0.3, -0.25) is 14.7 Å². The van der Waals surface area contributed by atoms with Crippen LogP contribution in [0.25, 0.3) is 16.9 Å². The van der Waals surface area contributed by atoms with Crippen LogP contribution in [-0.4, -0.2) is 57.7 Å². The Labute approximate surface area is 219 Å². The zero-order valence-corrected chi connectivity index (χ0v) is 22.4. The molecule has 0 spiro atoms. The largest absolute Gasteiger partial charge is 0.376 e. The van der Waals surface area contributed by atoms with E-state index in [0.29, 0.717) is 19.1 Å². The second-order valence-electron chi connectivity index (χ2n) is 10.8. The SMILES string of the molecule is Cc1ccc(-c2cn(-c3ccc(C)cc3)c(NC(=O)CN(CC3CCCO3)C(=O)NC(C)(C)C)n2)cc1. The summed E-state index contributed by atoms with van der Waals surface area (Å²) in [6.07, 6.45) is 3.68. The van der Waals surface area contributed by atoms with Crippen LogP contribution < -0.4 is 10.6 Å². The Kier molecular flexibility index (Phi) is 7.97. The molecule has 0 bridgehead atoms. The van der Waals surface area contributed by atoms with E-state index in [1.807, 2.05) is 93.9 Å². The standard InChI is InChI=1S/C29H37N5O3/c1-20-8-12-22(13-9-20)25-18-34(23-14-10-21(2)11-15-23)27(30-25)31-26(35)19-33(17-24-7-6-16-37-24)28(36)32-29(3,4)5/h8-15,18,24H,6-7,16-17,19H2,1-5H3,(H,32,36)(H,30,31,35). The van der Waals surface area contributed by atoms with Crippen LogP contribution in [0.1, 0.15) is 44.7 Å². The summed E-state index contributed by atoms with van der Waals surface area (Å²) < 4.78 is 7.61. The molecule has 1 aromatic heterocycles. The van der Waals surface area contributed by atoms with Crippen molar-refractivity contribution < 1.29 is 14.3 Å². The smallest absolute Gasteiger partial charge is 0.318 e. The Balaban J connectivity index is 1.58. The molecule has 2 heterocycles. The van der Waals surface area contributed by atoms with Gasteiger partial charge in [0.25, 0.3) is 0 Å². The van der Waals surface area contributed by atoms with E-state index >= 15 is 0 Å². The van der Waals surface area contributed by atoms with Crippen LogP contribution in [0.2, 0.25) is 0 Å². The van der Waals surface area contributed by atoms with E-state index in [-0.39, 0.29) is 24.6 Å². The molecule has 3 amide bonds. The lowest BCUT2D eigenvalue weighted by atomic mass is 10.1. The summed E-state index contributed by atoms with van der Waals surface area (Å²) in [4.78, 5) is 32.6. The van der Waals surface area contributed by atoms with Crippen LogP contribution >= 0.6 is 0 Å². The average molecular weight is 504 g/mol. The van der Waals surface area contributed by atoms with Crippen molar-refractivity contribution in [3.63, 3.8) is 0 Å². The summed E-state index contributed by atoms with van der Waals surface area (Å²) in [5.74, 6) is 0.0780. The molecule has 0 saturated carbocycles. The number of amides is 3. The first kappa shape index (κ1) is 26.4. The lowest BCUT2D eigenvalue weighted by Gasteiger charge is -2.29. The number of benzene rings is 2. The van der Waals surface area contributed by atoms with Gasteiger partial charge < -0.3 is 15.0 Å². The molecule has 0 aliphatic carbocycles. The van der Waals surface area contributed by atoms with Gasteiger partial charge in [-0.1, -0.05) is 47.5 Å². The predicted octanol–water partition coefficient (Wildman–Crippen LogP) is 5.08. The molecule has 0 radical (unpaired) electrons. The van der Waals surface area contributed by atoms with Crippen molar-refractivity contribution >= 4 is 17.9 Å². The summed E-state index contributed by atoms with van der Waals surface area (Å²) in [5, 5.41) is 5.91. The Morgan fingerprint density at radius 1 is 1.05 bits per heavy atom. The number of nitrogens with zero attached hydrogens (tertiary/aromatic N) is 3. The first-order valence-electron chi connectivity index (χ1n) is 12.8. The lowest BCUT2D eigenvalue weighted by Crippen LogP contribution is -2.52. The van der Waals surface area contributed by atoms with Crippen molar-refractivity contribution in [3.8, 4) is 16.9 Å². The van der Waals surface area contributed by atoms with E-state index in [1.54, 1.807) is 0 Å². The number of hydrogen-bond donors (Lipinski definition) is 2. The number of rotatable bonds is 7. The lowest BCUT2D eigenvalue weighted by molar-refractivity contribution is -0.117. The number of carbonyl (C=O) groups excluding carboxylic acids is 2. The summed E-state index contributed by atoms with van der Waals surface area (Å²) in [6.45, 7) is 10.8. The Bertz CT molecular complexity index is 1220. The van der Waals surface area contributed by atoms with E-state index in [4.69, 9.17) is 9.72 Å². The zero-order chi connectivity index (χ0) is 26.6. The number of carbonyl (C=O) groups is 2. The molecular weight excluding hydrogens is 466 g/mol. The van der Waals surface area contributed by atoms with Crippen LogP contribution in [0.4, 0.5) is 10.7 Å². The van der Waals surface area contributed by atoms with E-state index in [2.05, 4.69) is 10.6 Å². The number of nitrogens with one attached hydrogen (secondary N) is 2. The van der Waals surface area contributed by atoms with Gasteiger partial charge in [0.05, 0.1) is 11.8 Å². The van der Waals surface area contributed by atoms with E-state index < -0.39 is 5.54 Å². The number of hydrogen-bond acceptors (Lipinski definition) is 4. The normalized spacial score (nSPS) is 15.4. The van der Waals surface area contributed by atoms with E-state index in [9.17, 15) is 9.59 Å². The fourth-order valence-corrected chi connectivity index (χ4v) is 4.22. The molecule has 1 fully saturated rings. The summed E-state index contributed by atoms with van der Waals surface area (Å²) in [7, 11) is 0. The van der Waals surface area contributed by atoms with Crippen LogP contribution in [0.5, 0.6) is 0 Å². The molecular formula is C29H37N5O3. The molecule has 2 aromatic carbocycles. The van der Waals surface area contributed by atoms with Crippen LogP contribution in [-0.2, 0) is 9.53 Å². The van der Waals surface area contributed by atoms with Crippen LogP contribution in [0, 0.1) is 13.8 Å². The maximum Gasteiger partial charge on any atom is 0.318 e. The maximum absolute atomic E-state index is 13.3. The molecule has 1 aliphatic heterocycles. The molecule has 37 heavy (non-hydrogen) atoms. The zero-order valence-electron chi connectivity index (χ0n) is 22.4. The number of anilines is 1. The Morgan fingerprint density at radius 2 is 1.70 bits per heavy atom. The fourth-order valence-electron chi connectivity index (χ4n) is 4.22. The summed E-state index contributed by atoms with van der Waals surface area (Å²) in [5.41, 5.74) is 4.47. The Morgan fingerprint density at radius 3 is 2.30 bits per heavy atom. The van der Waals surface area contributed by atoms with Gasteiger partial charge in [-0.2, -0.15) is 0 Å². The van der Waals surface area contributed by atoms with Gasteiger partial charge in [0.2, 0.25) is 11.9 Å². The van der Waals surface area contributed by atoms with Gasteiger partial charge in [0, 0.05) is 36.1 Å². The molecule has 8 nitrogen and oxygen atoms in total. The highest BCUT2D eigenvalue weighted by Gasteiger charge is 2.27. The Hall–Kier alpha value is -3.65. The quantitative estimate of drug-likeness (QED) is 0.470.